The van der Waals surface area contributed by atoms with Crippen molar-refractivity contribution in [3.05, 3.63) is 53.4 Å². The van der Waals surface area contributed by atoms with Crippen molar-refractivity contribution in [1.82, 2.24) is 14.9 Å². The summed E-state index contributed by atoms with van der Waals surface area (Å²) in [6.45, 7) is 1.63. The second-order valence-corrected chi connectivity index (χ2v) is 5.33. The van der Waals surface area contributed by atoms with Gasteiger partial charge in [-0.05, 0) is 30.7 Å². The maximum absolute atomic E-state index is 11.8. The fraction of sp³-hybridized carbons (Fsp3) is 0.133. The van der Waals surface area contributed by atoms with Gasteiger partial charge in [-0.3, -0.25) is 9.78 Å². The molecule has 0 bridgehead atoms. The number of primary amides is 1. The van der Waals surface area contributed by atoms with Gasteiger partial charge in [-0.15, -0.1) is 0 Å². The first-order valence-corrected chi connectivity index (χ1v) is 6.85. The molecule has 0 spiro atoms. The summed E-state index contributed by atoms with van der Waals surface area (Å²) in [6.07, 6.45) is 1.69. The number of hydrazine groups is 1. The third-order valence-corrected chi connectivity index (χ3v) is 4.09. The van der Waals surface area contributed by atoms with Crippen molar-refractivity contribution in [2.45, 2.75) is 12.5 Å². The van der Waals surface area contributed by atoms with E-state index in [-0.39, 0.29) is 5.57 Å². The highest BCUT2D eigenvalue weighted by molar-refractivity contribution is 6.15. The van der Waals surface area contributed by atoms with Crippen LogP contribution < -0.4 is 11.2 Å². The Morgan fingerprint density at radius 1 is 1.50 bits per heavy atom. The van der Waals surface area contributed by atoms with Crippen molar-refractivity contribution in [3.8, 4) is 6.07 Å². The van der Waals surface area contributed by atoms with Crippen LogP contribution in [0.25, 0.3) is 10.9 Å². The third kappa shape index (κ3) is 1.91. The first kappa shape index (κ1) is 14.3. The molecule has 0 saturated heterocycles. The van der Waals surface area contributed by atoms with Crippen LogP contribution in [0.3, 0.4) is 0 Å². The third-order valence-electron chi connectivity index (χ3n) is 3.75. The van der Waals surface area contributed by atoms with E-state index in [4.69, 9.17) is 17.5 Å². The SMILES string of the molecule is CC1=C(C(N)=O)C(C#N)(c2ccc3ncccc3c2)NN1Cl. The lowest BCUT2D eigenvalue weighted by Gasteiger charge is -2.24. The molecule has 110 valence electrons. The lowest BCUT2D eigenvalue weighted by molar-refractivity contribution is -0.115. The summed E-state index contributed by atoms with van der Waals surface area (Å²) in [5, 5.41) is 10.6. The summed E-state index contributed by atoms with van der Waals surface area (Å²) in [5.41, 5.74) is 8.78. The Kier molecular flexibility index (Phi) is 3.24. The Hall–Kier alpha value is -2.62. The van der Waals surface area contributed by atoms with E-state index < -0.39 is 11.4 Å². The maximum atomic E-state index is 11.8. The minimum absolute atomic E-state index is 0.133. The number of allylic oxidation sites excluding steroid dienone is 1. The van der Waals surface area contributed by atoms with Crippen LogP contribution in [0.5, 0.6) is 0 Å². The van der Waals surface area contributed by atoms with E-state index in [1.54, 1.807) is 37.4 Å². The molecular formula is C15H12ClN5O. The smallest absolute Gasteiger partial charge is 0.249 e. The molecule has 1 aromatic carbocycles. The number of hydrogen-bond acceptors (Lipinski definition) is 5. The average molecular weight is 314 g/mol. The molecule has 0 fully saturated rings. The molecule has 1 aliphatic rings. The molecule has 1 aromatic heterocycles. The molecule has 2 aromatic rings. The Morgan fingerprint density at radius 2 is 2.27 bits per heavy atom. The number of amides is 1. The van der Waals surface area contributed by atoms with Crippen LogP contribution in [-0.2, 0) is 10.3 Å². The molecule has 0 saturated carbocycles. The van der Waals surface area contributed by atoms with Gasteiger partial charge < -0.3 is 5.73 Å². The number of nitrogens with zero attached hydrogens (tertiary/aromatic N) is 3. The standard InChI is InChI=1S/C15H12ClN5O/c1-9-13(14(18)22)15(8-17,20-21(9)16)11-4-5-12-10(7-11)3-2-6-19-12/h2-7,20H,1H3,(H2,18,22). The van der Waals surface area contributed by atoms with Crippen LogP contribution in [0.4, 0.5) is 0 Å². The molecule has 1 atom stereocenters. The molecule has 6 nitrogen and oxygen atoms in total. The normalized spacial score (nSPS) is 21.2. The van der Waals surface area contributed by atoms with Gasteiger partial charge in [0.15, 0.2) is 5.54 Å². The quantitative estimate of drug-likeness (QED) is 0.823. The van der Waals surface area contributed by atoms with Gasteiger partial charge in [-0.1, -0.05) is 12.1 Å². The number of halogens is 1. The summed E-state index contributed by atoms with van der Waals surface area (Å²) < 4.78 is 1.12. The lowest BCUT2D eigenvalue weighted by Crippen LogP contribution is -2.44. The summed E-state index contributed by atoms with van der Waals surface area (Å²) in [6, 6.07) is 11.1. The van der Waals surface area contributed by atoms with Crippen LogP contribution >= 0.6 is 11.8 Å². The first-order valence-electron chi connectivity index (χ1n) is 6.51. The van der Waals surface area contributed by atoms with E-state index in [1.165, 1.54) is 0 Å². The number of benzene rings is 1. The molecule has 1 amide bonds. The predicted molar refractivity (Wildman–Crippen MR) is 81.8 cm³/mol. The van der Waals surface area contributed by atoms with E-state index in [0.717, 1.165) is 15.4 Å². The molecule has 2 heterocycles. The lowest BCUT2D eigenvalue weighted by atomic mass is 9.83. The van der Waals surface area contributed by atoms with E-state index in [1.807, 2.05) is 6.07 Å². The van der Waals surface area contributed by atoms with Gasteiger partial charge in [0.1, 0.15) is 0 Å². The van der Waals surface area contributed by atoms with Gasteiger partial charge in [-0.25, -0.2) is 4.53 Å². The van der Waals surface area contributed by atoms with E-state index in [9.17, 15) is 10.1 Å². The molecular weight excluding hydrogens is 302 g/mol. The van der Waals surface area contributed by atoms with Gasteiger partial charge in [0, 0.05) is 23.4 Å². The molecule has 1 aliphatic heterocycles. The number of fused-ring (bicyclic) bond motifs is 1. The zero-order valence-corrected chi connectivity index (χ0v) is 12.4. The topological polar surface area (TPSA) is 95.0 Å². The summed E-state index contributed by atoms with van der Waals surface area (Å²) in [5.74, 6) is -0.694. The van der Waals surface area contributed by atoms with Crippen molar-refractivity contribution in [2.24, 2.45) is 5.73 Å². The van der Waals surface area contributed by atoms with Gasteiger partial charge in [-0.2, -0.15) is 10.7 Å². The second kappa shape index (κ2) is 4.98. The number of carbonyl (C=O) groups excluding carboxylic acids is 1. The van der Waals surface area contributed by atoms with Crippen molar-refractivity contribution >= 4 is 28.6 Å². The first-order chi connectivity index (χ1) is 10.5. The van der Waals surface area contributed by atoms with Gasteiger partial charge in [0.2, 0.25) is 5.91 Å². The number of rotatable bonds is 2. The number of nitriles is 1. The zero-order valence-electron chi connectivity index (χ0n) is 11.7. The van der Waals surface area contributed by atoms with Crippen LogP contribution in [0.15, 0.2) is 47.8 Å². The van der Waals surface area contributed by atoms with Gasteiger partial charge in [0.05, 0.1) is 22.9 Å². The number of carbonyl (C=O) groups is 1. The molecule has 22 heavy (non-hydrogen) atoms. The number of hydrogen-bond donors (Lipinski definition) is 2. The Labute approximate surface area is 131 Å². The number of nitrogens with one attached hydrogen (secondary N) is 1. The van der Waals surface area contributed by atoms with Crippen molar-refractivity contribution in [3.63, 3.8) is 0 Å². The van der Waals surface area contributed by atoms with Crippen LogP contribution in [0, 0.1) is 11.3 Å². The Bertz CT molecular complexity index is 856. The van der Waals surface area contributed by atoms with Gasteiger partial charge >= 0.3 is 0 Å². The van der Waals surface area contributed by atoms with E-state index >= 15 is 0 Å². The van der Waals surface area contributed by atoms with Crippen molar-refractivity contribution in [2.75, 3.05) is 0 Å². The number of pyridine rings is 1. The van der Waals surface area contributed by atoms with Crippen LogP contribution in [0.2, 0.25) is 0 Å². The molecule has 3 rings (SSSR count). The number of aromatic nitrogens is 1. The molecule has 7 heteroatoms. The predicted octanol–water partition coefficient (Wildman–Crippen LogP) is 1.69. The van der Waals surface area contributed by atoms with E-state index in [0.29, 0.717) is 11.3 Å². The minimum atomic E-state index is -1.41. The Balaban J connectivity index is 2.26. The highest BCUT2D eigenvalue weighted by Gasteiger charge is 2.48. The van der Waals surface area contributed by atoms with Crippen LogP contribution in [0.1, 0.15) is 12.5 Å². The fourth-order valence-corrected chi connectivity index (χ4v) is 2.89. The molecule has 3 N–H and O–H groups in total. The zero-order chi connectivity index (χ0) is 15.9. The van der Waals surface area contributed by atoms with Crippen molar-refractivity contribution in [1.29, 1.82) is 5.26 Å². The maximum Gasteiger partial charge on any atom is 0.249 e. The highest BCUT2D eigenvalue weighted by Crippen LogP contribution is 2.39. The van der Waals surface area contributed by atoms with E-state index in [2.05, 4.69) is 16.5 Å². The largest absolute Gasteiger partial charge is 0.366 e. The minimum Gasteiger partial charge on any atom is -0.366 e. The van der Waals surface area contributed by atoms with Crippen LogP contribution in [-0.4, -0.2) is 15.4 Å². The summed E-state index contributed by atoms with van der Waals surface area (Å²) in [4.78, 5) is 16.1. The second-order valence-electron chi connectivity index (χ2n) is 4.99. The highest BCUT2D eigenvalue weighted by atomic mass is 35.5. The van der Waals surface area contributed by atoms with Gasteiger partial charge in [0.25, 0.3) is 0 Å². The summed E-state index contributed by atoms with van der Waals surface area (Å²) in [7, 11) is 0. The van der Waals surface area contributed by atoms with Crippen molar-refractivity contribution < 1.29 is 4.79 Å². The molecule has 1 unspecified atom stereocenters. The average Bonchev–Trinajstić information content (AvgIpc) is 2.79. The molecule has 0 radical (unpaired) electrons. The number of nitrogens with two attached hydrogens (primary N) is 1. The Morgan fingerprint density at radius 3 is 2.95 bits per heavy atom. The monoisotopic (exact) mass is 313 g/mol. The molecule has 0 aliphatic carbocycles. The fourth-order valence-electron chi connectivity index (χ4n) is 2.68. The summed E-state index contributed by atoms with van der Waals surface area (Å²) >= 11 is 6.03.